The summed E-state index contributed by atoms with van der Waals surface area (Å²) < 4.78 is 6.69. The highest BCUT2D eigenvalue weighted by atomic mass is 79.9. The maximum Gasteiger partial charge on any atom is 0.0495 e. The van der Waals surface area contributed by atoms with Crippen molar-refractivity contribution in [2.45, 2.75) is 38.6 Å². The van der Waals surface area contributed by atoms with E-state index in [0.717, 1.165) is 32.1 Å². The first-order valence-corrected chi connectivity index (χ1v) is 8.49. The third kappa shape index (κ3) is 4.65. The highest BCUT2D eigenvalue weighted by Gasteiger charge is 2.21. The molecule has 2 rings (SSSR count). The molecule has 102 valence electrons. The minimum Gasteiger partial charge on any atom is -0.381 e. The van der Waals surface area contributed by atoms with Crippen molar-refractivity contribution in [3.63, 3.8) is 0 Å². The molecule has 1 saturated heterocycles. The van der Waals surface area contributed by atoms with E-state index in [1.54, 1.807) is 0 Å². The van der Waals surface area contributed by atoms with Crippen molar-refractivity contribution in [1.82, 2.24) is 5.32 Å². The summed E-state index contributed by atoms with van der Waals surface area (Å²) in [5.74, 6) is 0.753. The van der Waals surface area contributed by atoms with E-state index in [2.05, 4.69) is 39.6 Å². The lowest BCUT2D eigenvalue weighted by atomic mass is 9.96. The molecule has 0 aromatic carbocycles. The summed E-state index contributed by atoms with van der Waals surface area (Å²) in [7, 11) is 0. The Labute approximate surface area is 122 Å². The highest BCUT2D eigenvalue weighted by molar-refractivity contribution is 9.10. The lowest BCUT2D eigenvalue weighted by Gasteiger charge is -2.20. The minimum absolute atomic E-state index is 0.599. The first-order chi connectivity index (χ1) is 8.78. The van der Waals surface area contributed by atoms with Crippen molar-refractivity contribution in [2.75, 3.05) is 19.8 Å². The fourth-order valence-corrected chi connectivity index (χ4v) is 4.00. The van der Waals surface area contributed by atoms with Gasteiger partial charge in [0.25, 0.3) is 0 Å². The molecule has 0 radical (unpaired) electrons. The second-order valence-electron chi connectivity index (χ2n) is 5.05. The Balaban J connectivity index is 1.86. The summed E-state index contributed by atoms with van der Waals surface area (Å²) in [5, 5.41) is 5.86. The largest absolute Gasteiger partial charge is 0.381 e. The average molecular weight is 332 g/mol. The van der Waals surface area contributed by atoms with Crippen molar-refractivity contribution in [3.8, 4) is 0 Å². The van der Waals surface area contributed by atoms with Crippen LogP contribution in [0, 0.1) is 5.92 Å². The predicted molar refractivity (Wildman–Crippen MR) is 81.3 cm³/mol. The number of ether oxygens (including phenoxy) is 1. The first kappa shape index (κ1) is 14.5. The van der Waals surface area contributed by atoms with Gasteiger partial charge < -0.3 is 10.1 Å². The van der Waals surface area contributed by atoms with Gasteiger partial charge in [0.2, 0.25) is 0 Å². The van der Waals surface area contributed by atoms with Crippen LogP contribution in [0.1, 0.15) is 31.1 Å². The van der Waals surface area contributed by atoms with Crippen LogP contribution >= 0.6 is 27.3 Å². The standard InChI is InChI=1S/C14H22BrNOS/c1-2-4-16-13(6-11-3-5-17-9-11)8-14-7-12(15)10-18-14/h7,10-11,13,16H,2-6,8-9H2,1H3. The van der Waals surface area contributed by atoms with Crippen LogP contribution in [0.15, 0.2) is 15.9 Å². The van der Waals surface area contributed by atoms with E-state index in [-0.39, 0.29) is 0 Å². The second kappa shape index (κ2) is 7.63. The van der Waals surface area contributed by atoms with Crippen LogP contribution in [0.2, 0.25) is 0 Å². The van der Waals surface area contributed by atoms with Crippen LogP contribution in [0.25, 0.3) is 0 Å². The van der Waals surface area contributed by atoms with Crippen molar-refractivity contribution in [2.24, 2.45) is 5.92 Å². The molecule has 1 aliphatic heterocycles. The lowest BCUT2D eigenvalue weighted by Crippen LogP contribution is -2.33. The molecule has 2 unspecified atom stereocenters. The Bertz CT molecular complexity index is 349. The van der Waals surface area contributed by atoms with Gasteiger partial charge in [0.15, 0.2) is 0 Å². The number of halogens is 1. The summed E-state index contributed by atoms with van der Waals surface area (Å²) in [6.45, 7) is 5.25. The van der Waals surface area contributed by atoms with Gasteiger partial charge >= 0.3 is 0 Å². The third-order valence-electron chi connectivity index (χ3n) is 3.39. The van der Waals surface area contributed by atoms with E-state index >= 15 is 0 Å². The van der Waals surface area contributed by atoms with E-state index < -0.39 is 0 Å². The monoisotopic (exact) mass is 331 g/mol. The van der Waals surface area contributed by atoms with E-state index in [1.807, 2.05) is 11.3 Å². The molecule has 0 aliphatic carbocycles. The average Bonchev–Trinajstić information content (AvgIpc) is 2.98. The fraction of sp³-hybridized carbons (Fsp3) is 0.714. The highest BCUT2D eigenvalue weighted by Crippen LogP contribution is 2.24. The molecule has 1 N–H and O–H groups in total. The molecule has 2 nitrogen and oxygen atoms in total. The Hall–Kier alpha value is 0.1000. The molecular weight excluding hydrogens is 310 g/mol. The zero-order chi connectivity index (χ0) is 12.8. The molecular formula is C14H22BrNOS. The fourth-order valence-electron chi connectivity index (χ4n) is 2.46. The zero-order valence-electron chi connectivity index (χ0n) is 11.0. The maximum atomic E-state index is 5.48. The van der Waals surface area contributed by atoms with Gasteiger partial charge in [0.05, 0.1) is 0 Å². The Morgan fingerprint density at radius 3 is 3.11 bits per heavy atom. The van der Waals surface area contributed by atoms with Gasteiger partial charge in [-0.3, -0.25) is 0 Å². The van der Waals surface area contributed by atoms with Gasteiger partial charge in [-0.25, -0.2) is 0 Å². The molecule has 4 heteroatoms. The van der Waals surface area contributed by atoms with Gasteiger partial charge in [-0.15, -0.1) is 11.3 Å². The summed E-state index contributed by atoms with van der Waals surface area (Å²) in [5.41, 5.74) is 0. The number of rotatable bonds is 7. The third-order valence-corrected chi connectivity index (χ3v) is 5.11. The van der Waals surface area contributed by atoms with Gasteiger partial charge in [0.1, 0.15) is 0 Å². The first-order valence-electron chi connectivity index (χ1n) is 6.82. The molecule has 2 heterocycles. The smallest absolute Gasteiger partial charge is 0.0495 e. The van der Waals surface area contributed by atoms with E-state index in [4.69, 9.17) is 4.74 Å². The summed E-state index contributed by atoms with van der Waals surface area (Å²) >= 11 is 5.38. The molecule has 1 aliphatic rings. The van der Waals surface area contributed by atoms with Crippen molar-refractivity contribution < 1.29 is 4.74 Å². The summed E-state index contributed by atoms with van der Waals surface area (Å²) in [6, 6.07) is 2.85. The van der Waals surface area contributed by atoms with Crippen LogP contribution in [0.3, 0.4) is 0 Å². The van der Waals surface area contributed by atoms with E-state index in [1.165, 1.54) is 28.6 Å². The Morgan fingerprint density at radius 2 is 2.50 bits per heavy atom. The zero-order valence-corrected chi connectivity index (χ0v) is 13.4. The van der Waals surface area contributed by atoms with Crippen LogP contribution in [0.4, 0.5) is 0 Å². The van der Waals surface area contributed by atoms with Gasteiger partial charge in [-0.05, 0) is 60.1 Å². The molecule has 2 atom stereocenters. The van der Waals surface area contributed by atoms with Gasteiger partial charge in [-0.2, -0.15) is 0 Å². The SMILES string of the molecule is CCCNC(Cc1cc(Br)cs1)CC1CCOC1. The predicted octanol–water partition coefficient (Wildman–Crippen LogP) is 3.85. The molecule has 18 heavy (non-hydrogen) atoms. The van der Waals surface area contributed by atoms with E-state index in [0.29, 0.717) is 6.04 Å². The van der Waals surface area contributed by atoms with Crippen molar-refractivity contribution in [3.05, 3.63) is 20.8 Å². The second-order valence-corrected chi connectivity index (χ2v) is 6.96. The quantitative estimate of drug-likeness (QED) is 0.819. The van der Waals surface area contributed by atoms with E-state index in [9.17, 15) is 0 Å². The summed E-state index contributed by atoms with van der Waals surface area (Å²) in [4.78, 5) is 1.47. The van der Waals surface area contributed by atoms with Crippen LogP contribution < -0.4 is 5.32 Å². The number of hydrogen-bond donors (Lipinski definition) is 1. The van der Waals surface area contributed by atoms with Gasteiger partial charge in [0, 0.05) is 34.0 Å². The lowest BCUT2D eigenvalue weighted by molar-refractivity contribution is 0.181. The maximum absolute atomic E-state index is 5.48. The molecule has 1 aromatic heterocycles. The summed E-state index contributed by atoms with van der Waals surface area (Å²) in [6.07, 6.45) is 4.83. The normalized spacial score (nSPS) is 21.3. The molecule has 1 aromatic rings. The van der Waals surface area contributed by atoms with Gasteiger partial charge in [-0.1, -0.05) is 6.92 Å². The van der Waals surface area contributed by atoms with Crippen molar-refractivity contribution >= 4 is 27.3 Å². The Morgan fingerprint density at radius 1 is 1.61 bits per heavy atom. The van der Waals surface area contributed by atoms with Crippen LogP contribution in [-0.4, -0.2) is 25.8 Å². The number of thiophene rings is 1. The number of nitrogens with one attached hydrogen (secondary N) is 1. The topological polar surface area (TPSA) is 21.3 Å². The Kier molecular flexibility index (Phi) is 6.15. The molecule has 1 fully saturated rings. The molecule has 0 spiro atoms. The van der Waals surface area contributed by atoms with Crippen LogP contribution in [-0.2, 0) is 11.2 Å². The number of hydrogen-bond acceptors (Lipinski definition) is 3. The molecule has 0 amide bonds. The van der Waals surface area contributed by atoms with Crippen LogP contribution in [0.5, 0.6) is 0 Å². The molecule has 0 bridgehead atoms. The molecule has 0 saturated carbocycles. The van der Waals surface area contributed by atoms with Crippen molar-refractivity contribution in [1.29, 1.82) is 0 Å². The minimum atomic E-state index is 0.599.